The molecular weight excluding hydrogens is 464 g/mol. The number of methoxy groups -OCH3 is 4. The minimum Gasteiger partial charge on any atom is -0.497 e. The third-order valence-electron chi connectivity index (χ3n) is 5.88. The molecule has 0 bridgehead atoms. The summed E-state index contributed by atoms with van der Waals surface area (Å²) in [5, 5.41) is 2.90. The smallest absolute Gasteiger partial charge is 0.261 e. The van der Waals surface area contributed by atoms with Gasteiger partial charge in [-0.05, 0) is 48.5 Å². The molecule has 9 heteroatoms. The fourth-order valence-corrected chi connectivity index (χ4v) is 3.96. The lowest BCUT2D eigenvalue weighted by Crippen LogP contribution is -2.32. The van der Waals surface area contributed by atoms with Crippen molar-refractivity contribution in [1.29, 1.82) is 0 Å². The van der Waals surface area contributed by atoms with E-state index in [1.165, 1.54) is 14.2 Å². The minimum absolute atomic E-state index is 0.0805. The average Bonchev–Trinajstić information content (AvgIpc) is 3.06. The lowest BCUT2D eigenvalue weighted by molar-refractivity contribution is -0.133. The van der Waals surface area contributed by atoms with E-state index in [-0.39, 0.29) is 18.4 Å². The first kappa shape index (κ1) is 24.7. The van der Waals surface area contributed by atoms with E-state index in [2.05, 4.69) is 5.32 Å². The van der Waals surface area contributed by atoms with Crippen LogP contribution >= 0.6 is 0 Å². The molecule has 9 nitrogen and oxygen atoms in total. The van der Waals surface area contributed by atoms with Crippen LogP contribution in [0.3, 0.4) is 0 Å². The van der Waals surface area contributed by atoms with E-state index in [1.54, 1.807) is 55.5 Å². The molecule has 0 spiro atoms. The summed E-state index contributed by atoms with van der Waals surface area (Å²) in [6.07, 6.45) is 0. The van der Waals surface area contributed by atoms with E-state index in [9.17, 15) is 9.59 Å². The average molecular weight is 493 g/mol. The van der Waals surface area contributed by atoms with E-state index in [4.69, 9.17) is 23.7 Å². The van der Waals surface area contributed by atoms with Gasteiger partial charge in [0.15, 0.2) is 18.1 Å². The normalized spacial score (nSPS) is 12.7. The fraction of sp³-hybridized carbons (Fsp3) is 0.259. The van der Waals surface area contributed by atoms with Gasteiger partial charge in [0, 0.05) is 41.5 Å². The first-order valence-electron chi connectivity index (χ1n) is 11.2. The zero-order valence-corrected chi connectivity index (χ0v) is 20.6. The molecule has 3 aromatic rings. The molecule has 0 radical (unpaired) electrons. The molecule has 0 fully saturated rings. The van der Waals surface area contributed by atoms with Gasteiger partial charge in [0.1, 0.15) is 17.2 Å². The number of hydrogen-bond donors (Lipinski definition) is 1. The van der Waals surface area contributed by atoms with Crippen molar-refractivity contribution in [1.82, 2.24) is 4.90 Å². The molecule has 0 aromatic heterocycles. The standard InChI is InChI=1S/C27H28N2O7/c1-32-21-8-5-18(24(13-21)34-3)14-29-15-19-11-20(7-10-22(19)36-16-26(29)30)28-27(31)17-6-9-23(33-2)25(12-17)35-4/h5-13H,14-16H2,1-4H3,(H,28,31). The second-order valence-electron chi connectivity index (χ2n) is 8.06. The Morgan fingerprint density at radius 2 is 1.67 bits per heavy atom. The molecule has 0 saturated carbocycles. The molecule has 1 aliphatic heterocycles. The van der Waals surface area contributed by atoms with Crippen LogP contribution in [0.4, 0.5) is 5.69 Å². The van der Waals surface area contributed by atoms with Crippen molar-refractivity contribution < 1.29 is 33.3 Å². The molecule has 188 valence electrons. The summed E-state index contributed by atoms with van der Waals surface area (Å²) in [4.78, 5) is 27.4. The Morgan fingerprint density at radius 3 is 2.39 bits per heavy atom. The highest BCUT2D eigenvalue weighted by atomic mass is 16.5. The van der Waals surface area contributed by atoms with Gasteiger partial charge in [-0.15, -0.1) is 0 Å². The third-order valence-corrected chi connectivity index (χ3v) is 5.88. The quantitative estimate of drug-likeness (QED) is 0.510. The van der Waals surface area contributed by atoms with Gasteiger partial charge in [-0.3, -0.25) is 9.59 Å². The van der Waals surface area contributed by atoms with Crippen LogP contribution in [-0.2, 0) is 17.9 Å². The minimum atomic E-state index is -0.304. The van der Waals surface area contributed by atoms with Crippen molar-refractivity contribution in [2.75, 3.05) is 40.4 Å². The Labute approximate surface area is 209 Å². The van der Waals surface area contributed by atoms with Crippen molar-refractivity contribution in [3.63, 3.8) is 0 Å². The monoisotopic (exact) mass is 492 g/mol. The van der Waals surface area contributed by atoms with Crippen LogP contribution in [0.2, 0.25) is 0 Å². The van der Waals surface area contributed by atoms with Crippen LogP contribution in [0, 0.1) is 0 Å². The molecule has 0 saturated heterocycles. The van der Waals surface area contributed by atoms with Gasteiger partial charge in [0.2, 0.25) is 0 Å². The Kier molecular flexibility index (Phi) is 7.48. The molecule has 2 amide bonds. The van der Waals surface area contributed by atoms with Gasteiger partial charge in [-0.1, -0.05) is 0 Å². The Hall–Kier alpha value is -4.40. The van der Waals surface area contributed by atoms with Crippen molar-refractivity contribution in [2.45, 2.75) is 13.1 Å². The van der Waals surface area contributed by atoms with Crippen molar-refractivity contribution >= 4 is 17.5 Å². The number of carbonyl (C=O) groups excluding carboxylic acids is 2. The van der Waals surface area contributed by atoms with Gasteiger partial charge in [-0.2, -0.15) is 0 Å². The first-order chi connectivity index (χ1) is 17.4. The number of carbonyl (C=O) groups is 2. The second-order valence-corrected chi connectivity index (χ2v) is 8.06. The fourth-order valence-electron chi connectivity index (χ4n) is 3.96. The second kappa shape index (κ2) is 10.9. The summed E-state index contributed by atoms with van der Waals surface area (Å²) in [5.41, 5.74) is 2.61. The van der Waals surface area contributed by atoms with Crippen LogP contribution in [-0.4, -0.2) is 51.8 Å². The highest BCUT2D eigenvalue weighted by Gasteiger charge is 2.23. The molecule has 1 aliphatic rings. The number of nitrogens with zero attached hydrogens (tertiary/aromatic N) is 1. The Bertz CT molecular complexity index is 1270. The summed E-state index contributed by atoms with van der Waals surface area (Å²) in [7, 11) is 6.21. The molecule has 1 heterocycles. The predicted octanol–water partition coefficient (Wildman–Crippen LogP) is 3.89. The highest BCUT2D eigenvalue weighted by Crippen LogP contribution is 2.31. The van der Waals surface area contributed by atoms with Crippen molar-refractivity contribution in [3.05, 3.63) is 71.3 Å². The predicted molar refractivity (Wildman–Crippen MR) is 133 cm³/mol. The molecule has 36 heavy (non-hydrogen) atoms. The van der Waals surface area contributed by atoms with Crippen molar-refractivity contribution in [2.24, 2.45) is 0 Å². The van der Waals surface area contributed by atoms with Gasteiger partial charge in [0.25, 0.3) is 11.8 Å². The molecule has 1 N–H and O–H groups in total. The lowest BCUT2D eigenvalue weighted by Gasteiger charge is -2.22. The largest absolute Gasteiger partial charge is 0.497 e. The molecule has 0 atom stereocenters. The van der Waals surface area contributed by atoms with Gasteiger partial charge in [0.05, 0.1) is 28.4 Å². The van der Waals surface area contributed by atoms with Crippen LogP contribution in [0.1, 0.15) is 21.5 Å². The summed E-state index contributed by atoms with van der Waals surface area (Å²) in [5.74, 6) is 2.43. The maximum atomic E-state index is 12.9. The van der Waals surface area contributed by atoms with Gasteiger partial charge < -0.3 is 33.9 Å². The van der Waals surface area contributed by atoms with E-state index in [0.717, 1.165) is 11.1 Å². The van der Waals surface area contributed by atoms with Crippen LogP contribution < -0.4 is 29.0 Å². The molecule has 4 rings (SSSR count). The maximum Gasteiger partial charge on any atom is 0.261 e. The topological polar surface area (TPSA) is 95.6 Å². The summed E-state index contributed by atoms with van der Waals surface area (Å²) in [6.45, 7) is 0.559. The number of fused-ring (bicyclic) bond motifs is 1. The maximum absolute atomic E-state index is 12.9. The number of hydrogen-bond acceptors (Lipinski definition) is 7. The number of anilines is 1. The van der Waals surface area contributed by atoms with Gasteiger partial charge in [-0.25, -0.2) is 0 Å². The molecule has 0 unspecified atom stereocenters. The molecule has 0 aliphatic carbocycles. The summed E-state index contributed by atoms with van der Waals surface area (Å²) in [6, 6.07) is 15.7. The Balaban J connectivity index is 1.54. The zero-order chi connectivity index (χ0) is 25.7. The van der Waals surface area contributed by atoms with E-state index >= 15 is 0 Å². The van der Waals surface area contributed by atoms with Crippen LogP contribution in [0.15, 0.2) is 54.6 Å². The summed E-state index contributed by atoms with van der Waals surface area (Å²) < 4.78 is 27.0. The van der Waals surface area contributed by atoms with E-state index < -0.39 is 0 Å². The van der Waals surface area contributed by atoms with Crippen molar-refractivity contribution in [3.8, 4) is 28.7 Å². The number of nitrogens with one attached hydrogen (secondary N) is 1. The Morgan fingerprint density at radius 1 is 0.889 bits per heavy atom. The SMILES string of the molecule is COc1ccc(CN2Cc3cc(NC(=O)c4ccc(OC)c(OC)c4)ccc3OCC2=O)c(OC)c1. The molecule has 3 aromatic carbocycles. The third kappa shape index (κ3) is 5.30. The van der Waals surface area contributed by atoms with Crippen LogP contribution in [0.5, 0.6) is 28.7 Å². The highest BCUT2D eigenvalue weighted by molar-refractivity contribution is 6.04. The summed E-state index contributed by atoms with van der Waals surface area (Å²) >= 11 is 0. The number of ether oxygens (including phenoxy) is 5. The number of benzene rings is 3. The van der Waals surface area contributed by atoms with E-state index in [1.807, 2.05) is 18.2 Å². The zero-order valence-electron chi connectivity index (χ0n) is 20.6. The first-order valence-corrected chi connectivity index (χ1v) is 11.2. The lowest BCUT2D eigenvalue weighted by atomic mass is 10.1. The van der Waals surface area contributed by atoms with Gasteiger partial charge >= 0.3 is 0 Å². The van der Waals surface area contributed by atoms with Crippen LogP contribution in [0.25, 0.3) is 0 Å². The number of amides is 2. The number of rotatable bonds is 8. The molecular formula is C27H28N2O7. The van der Waals surface area contributed by atoms with E-state index in [0.29, 0.717) is 53.1 Å².